The van der Waals surface area contributed by atoms with Crippen LogP contribution in [0.2, 0.25) is 0 Å². The Bertz CT molecular complexity index is 277. The Labute approximate surface area is 74.7 Å². The predicted molar refractivity (Wildman–Crippen MR) is 42.3 cm³/mol. The van der Waals surface area contributed by atoms with E-state index in [0.29, 0.717) is 12.8 Å². The largest absolute Gasteiger partial charge is 0.481 e. The van der Waals surface area contributed by atoms with Gasteiger partial charge in [-0.2, -0.15) is 0 Å². The van der Waals surface area contributed by atoms with E-state index in [9.17, 15) is 9.59 Å². The molecule has 2 fully saturated rings. The minimum atomic E-state index is -1.18. The highest BCUT2D eigenvalue weighted by atomic mass is 16.4. The van der Waals surface area contributed by atoms with Gasteiger partial charge < -0.3 is 10.2 Å². The normalized spacial score (nSPS) is 42.2. The summed E-state index contributed by atoms with van der Waals surface area (Å²) in [6, 6.07) is 0.0807. The SMILES string of the molecule is O=C(O)[C@@H]1C[C@H]2CC[C@]1(C(=O)O)N2. The Morgan fingerprint density at radius 3 is 2.46 bits per heavy atom. The second-order valence-electron chi connectivity index (χ2n) is 3.78. The van der Waals surface area contributed by atoms with E-state index in [1.165, 1.54) is 0 Å². The van der Waals surface area contributed by atoms with E-state index in [2.05, 4.69) is 5.32 Å². The van der Waals surface area contributed by atoms with Crippen molar-refractivity contribution < 1.29 is 19.8 Å². The lowest BCUT2D eigenvalue weighted by Gasteiger charge is -2.26. The lowest BCUT2D eigenvalue weighted by molar-refractivity contribution is -0.155. The van der Waals surface area contributed by atoms with Crippen molar-refractivity contribution >= 4 is 11.9 Å². The molecule has 13 heavy (non-hydrogen) atoms. The average molecular weight is 185 g/mol. The Hall–Kier alpha value is -1.10. The molecule has 0 radical (unpaired) electrons. The number of rotatable bonds is 2. The third-order valence-electron chi connectivity index (χ3n) is 3.14. The first kappa shape index (κ1) is 8.50. The first-order valence-electron chi connectivity index (χ1n) is 4.30. The summed E-state index contributed by atoms with van der Waals surface area (Å²) < 4.78 is 0. The van der Waals surface area contributed by atoms with Gasteiger partial charge in [-0.1, -0.05) is 0 Å². The van der Waals surface area contributed by atoms with Gasteiger partial charge >= 0.3 is 11.9 Å². The monoisotopic (exact) mass is 185 g/mol. The molecule has 0 aliphatic carbocycles. The van der Waals surface area contributed by atoms with Gasteiger partial charge in [-0.25, -0.2) is 0 Å². The molecule has 72 valence electrons. The molecule has 3 atom stereocenters. The van der Waals surface area contributed by atoms with Crippen LogP contribution < -0.4 is 5.32 Å². The van der Waals surface area contributed by atoms with E-state index < -0.39 is 23.4 Å². The van der Waals surface area contributed by atoms with Crippen LogP contribution in [0.4, 0.5) is 0 Å². The van der Waals surface area contributed by atoms with Gasteiger partial charge in [0, 0.05) is 6.04 Å². The first-order chi connectivity index (χ1) is 6.06. The molecule has 2 heterocycles. The van der Waals surface area contributed by atoms with Gasteiger partial charge in [0.25, 0.3) is 0 Å². The fraction of sp³-hybridized carbons (Fsp3) is 0.750. The van der Waals surface area contributed by atoms with Gasteiger partial charge in [-0.05, 0) is 19.3 Å². The second-order valence-corrected chi connectivity index (χ2v) is 3.78. The summed E-state index contributed by atoms with van der Waals surface area (Å²) in [4.78, 5) is 21.8. The van der Waals surface area contributed by atoms with Crippen LogP contribution in [0.15, 0.2) is 0 Å². The van der Waals surface area contributed by atoms with Crippen LogP contribution in [0.5, 0.6) is 0 Å². The van der Waals surface area contributed by atoms with E-state index in [-0.39, 0.29) is 6.04 Å². The molecule has 0 aromatic carbocycles. The van der Waals surface area contributed by atoms with Crippen molar-refractivity contribution in [2.45, 2.75) is 30.8 Å². The molecule has 3 N–H and O–H groups in total. The molecule has 0 aromatic heterocycles. The number of fused-ring (bicyclic) bond motifs is 2. The molecular formula is C8H11NO4. The second kappa shape index (κ2) is 2.45. The highest BCUT2D eigenvalue weighted by molar-refractivity contribution is 5.88. The minimum absolute atomic E-state index is 0.0807. The molecule has 2 aliphatic rings. The minimum Gasteiger partial charge on any atom is -0.481 e. The quantitative estimate of drug-likeness (QED) is 0.548. The number of hydrogen-bond acceptors (Lipinski definition) is 3. The zero-order valence-corrected chi connectivity index (χ0v) is 6.99. The van der Waals surface area contributed by atoms with Crippen LogP contribution in [0, 0.1) is 5.92 Å². The van der Waals surface area contributed by atoms with Crippen LogP contribution >= 0.6 is 0 Å². The lowest BCUT2D eigenvalue weighted by Crippen LogP contribution is -2.52. The summed E-state index contributed by atoms with van der Waals surface area (Å²) in [7, 11) is 0. The number of carbonyl (C=O) groups is 2. The molecule has 2 aliphatic heterocycles. The molecular weight excluding hydrogens is 174 g/mol. The molecule has 0 aromatic rings. The van der Waals surface area contributed by atoms with Gasteiger partial charge in [0.2, 0.25) is 0 Å². The molecule has 5 nitrogen and oxygen atoms in total. The number of carboxylic acid groups (broad SMARTS) is 2. The zero-order valence-electron chi connectivity index (χ0n) is 6.99. The molecule has 2 saturated heterocycles. The van der Waals surface area contributed by atoms with Gasteiger partial charge in [0.15, 0.2) is 0 Å². The number of aliphatic carboxylic acids is 2. The highest BCUT2D eigenvalue weighted by Gasteiger charge is 2.59. The molecule has 0 amide bonds. The van der Waals surface area contributed by atoms with Crippen LogP contribution in [-0.4, -0.2) is 33.7 Å². The summed E-state index contributed by atoms with van der Waals surface area (Å²) in [5.74, 6) is -2.79. The maximum atomic E-state index is 11.0. The van der Waals surface area contributed by atoms with Crippen molar-refractivity contribution in [3.63, 3.8) is 0 Å². The van der Waals surface area contributed by atoms with E-state index in [4.69, 9.17) is 10.2 Å². The van der Waals surface area contributed by atoms with Gasteiger partial charge in [-0.3, -0.25) is 14.9 Å². The summed E-state index contributed by atoms with van der Waals surface area (Å²) in [6.07, 6.45) is 1.65. The zero-order chi connectivity index (χ0) is 9.64. The smallest absolute Gasteiger partial charge is 0.324 e. The Balaban J connectivity index is 2.32. The molecule has 2 bridgehead atoms. The molecule has 0 spiro atoms. The van der Waals surface area contributed by atoms with Crippen molar-refractivity contribution in [1.29, 1.82) is 0 Å². The van der Waals surface area contributed by atoms with Crippen LogP contribution in [0.1, 0.15) is 19.3 Å². The van der Waals surface area contributed by atoms with Crippen molar-refractivity contribution in [2.75, 3.05) is 0 Å². The molecule has 0 unspecified atom stereocenters. The average Bonchev–Trinajstić information content (AvgIpc) is 2.60. The lowest BCUT2D eigenvalue weighted by atomic mass is 9.78. The van der Waals surface area contributed by atoms with E-state index in [1.807, 2.05) is 0 Å². The summed E-state index contributed by atoms with van der Waals surface area (Å²) in [5, 5.41) is 20.7. The third kappa shape index (κ3) is 0.966. The topological polar surface area (TPSA) is 86.6 Å². The summed E-state index contributed by atoms with van der Waals surface area (Å²) >= 11 is 0. The molecule has 5 heteroatoms. The van der Waals surface area contributed by atoms with E-state index in [1.54, 1.807) is 0 Å². The molecule has 0 saturated carbocycles. The van der Waals surface area contributed by atoms with Crippen molar-refractivity contribution in [3.05, 3.63) is 0 Å². The number of carboxylic acids is 2. The van der Waals surface area contributed by atoms with Crippen molar-refractivity contribution in [1.82, 2.24) is 5.32 Å². The number of nitrogens with one attached hydrogen (secondary N) is 1. The third-order valence-corrected chi connectivity index (χ3v) is 3.14. The van der Waals surface area contributed by atoms with Crippen molar-refractivity contribution in [2.24, 2.45) is 5.92 Å². The predicted octanol–water partition coefficient (Wildman–Crippen LogP) is -0.334. The maximum Gasteiger partial charge on any atom is 0.324 e. The van der Waals surface area contributed by atoms with E-state index in [0.717, 1.165) is 6.42 Å². The van der Waals surface area contributed by atoms with Crippen molar-refractivity contribution in [3.8, 4) is 0 Å². The van der Waals surface area contributed by atoms with Gasteiger partial charge in [-0.15, -0.1) is 0 Å². The summed E-state index contributed by atoms with van der Waals surface area (Å²) in [6.45, 7) is 0. The Morgan fingerprint density at radius 2 is 2.08 bits per heavy atom. The Kier molecular flexibility index (Phi) is 1.60. The summed E-state index contributed by atoms with van der Waals surface area (Å²) in [5.41, 5.74) is -1.18. The van der Waals surface area contributed by atoms with Gasteiger partial charge in [0.1, 0.15) is 5.54 Å². The van der Waals surface area contributed by atoms with Crippen LogP contribution in [-0.2, 0) is 9.59 Å². The van der Waals surface area contributed by atoms with Gasteiger partial charge in [0.05, 0.1) is 5.92 Å². The highest BCUT2D eigenvalue weighted by Crippen LogP contribution is 2.42. The van der Waals surface area contributed by atoms with E-state index >= 15 is 0 Å². The van der Waals surface area contributed by atoms with Crippen LogP contribution in [0.3, 0.4) is 0 Å². The molecule has 2 rings (SSSR count). The first-order valence-corrected chi connectivity index (χ1v) is 4.30. The standard InChI is InChI=1S/C8H11NO4/c10-6(11)5-3-4-1-2-8(5,9-4)7(12)13/h4-5,9H,1-3H2,(H,10,11)(H,12,13)/t4-,5+,8+/m1/s1. The fourth-order valence-corrected chi connectivity index (χ4v) is 2.48. The Morgan fingerprint density at radius 1 is 1.38 bits per heavy atom. The fourth-order valence-electron chi connectivity index (χ4n) is 2.48. The maximum absolute atomic E-state index is 11.0. The number of hydrogen-bond donors (Lipinski definition) is 3. The van der Waals surface area contributed by atoms with Crippen LogP contribution in [0.25, 0.3) is 0 Å².